The van der Waals surface area contributed by atoms with Gasteiger partial charge in [0.1, 0.15) is 12.4 Å². The van der Waals surface area contributed by atoms with Crippen LogP contribution in [0, 0.1) is 5.92 Å². The monoisotopic (exact) mass is 331 g/mol. The molecular formula is C18H25N3OS. The van der Waals surface area contributed by atoms with Crippen LogP contribution in [0.15, 0.2) is 24.3 Å². The number of hydrogen-bond donors (Lipinski definition) is 1. The van der Waals surface area contributed by atoms with Gasteiger partial charge in [0.25, 0.3) is 0 Å². The van der Waals surface area contributed by atoms with E-state index < -0.39 is 0 Å². The van der Waals surface area contributed by atoms with Crippen LogP contribution in [0.2, 0.25) is 0 Å². The van der Waals surface area contributed by atoms with Gasteiger partial charge in [0.2, 0.25) is 5.91 Å². The van der Waals surface area contributed by atoms with Crippen LogP contribution in [0.5, 0.6) is 0 Å². The zero-order valence-electron chi connectivity index (χ0n) is 13.9. The number of amides is 1. The molecule has 0 radical (unpaired) electrons. The van der Waals surface area contributed by atoms with Crippen LogP contribution in [-0.2, 0) is 17.1 Å². The van der Waals surface area contributed by atoms with Gasteiger partial charge in [-0.1, -0.05) is 31.9 Å². The Kier molecular flexibility index (Phi) is 5.26. The highest BCUT2D eigenvalue weighted by molar-refractivity contribution is 7.97. The molecule has 1 N–H and O–H groups in total. The molecule has 1 aliphatic rings. The van der Waals surface area contributed by atoms with Crippen LogP contribution in [0.4, 0.5) is 0 Å². The maximum atomic E-state index is 12.6. The van der Waals surface area contributed by atoms with Gasteiger partial charge in [0.05, 0.1) is 16.8 Å². The van der Waals surface area contributed by atoms with Crippen LogP contribution in [-0.4, -0.2) is 27.8 Å². The molecule has 1 amide bonds. The summed E-state index contributed by atoms with van der Waals surface area (Å²) in [5.74, 6) is 2.49. The van der Waals surface area contributed by atoms with E-state index in [-0.39, 0.29) is 5.91 Å². The minimum atomic E-state index is 0.106. The second-order valence-electron chi connectivity index (χ2n) is 6.47. The first-order valence-electron chi connectivity index (χ1n) is 8.41. The van der Waals surface area contributed by atoms with Crippen molar-refractivity contribution < 1.29 is 4.79 Å². The van der Waals surface area contributed by atoms with Crippen LogP contribution in [0.25, 0.3) is 11.0 Å². The average molecular weight is 331 g/mol. The number of rotatable bonds is 5. The maximum Gasteiger partial charge on any atom is 0.240 e. The fourth-order valence-corrected chi connectivity index (χ4v) is 3.95. The first kappa shape index (κ1) is 16.4. The van der Waals surface area contributed by atoms with Crippen LogP contribution in [0.1, 0.15) is 38.4 Å². The van der Waals surface area contributed by atoms with Crippen molar-refractivity contribution in [2.75, 3.05) is 6.26 Å². The summed E-state index contributed by atoms with van der Waals surface area (Å²) in [6, 6.07) is 8.38. The van der Waals surface area contributed by atoms with Gasteiger partial charge in [0, 0.05) is 6.04 Å². The summed E-state index contributed by atoms with van der Waals surface area (Å²) in [5.41, 5.74) is 2.01. The smallest absolute Gasteiger partial charge is 0.240 e. The van der Waals surface area contributed by atoms with Gasteiger partial charge in [-0.3, -0.25) is 4.79 Å². The average Bonchev–Trinajstić information content (AvgIpc) is 2.88. The molecular weight excluding hydrogens is 306 g/mol. The van der Waals surface area contributed by atoms with E-state index in [1.54, 1.807) is 11.8 Å². The molecule has 2 aromatic rings. The topological polar surface area (TPSA) is 46.9 Å². The molecule has 1 aromatic heterocycles. The predicted molar refractivity (Wildman–Crippen MR) is 96.5 cm³/mol. The Morgan fingerprint density at radius 3 is 2.91 bits per heavy atom. The first-order chi connectivity index (χ1) is 11.2. The number of fused-ring (bicyclic) bond motifs is 1. The Morgan fingerprint density at radius 2 is 2.13 bits per heavy atom. The minimum Gasteiger partial charge on any atom is -0.352 e. The number of carbonyl (C=O) groups is 1. The van der Waals surface area contributed by atoms with E-state index in [9.17, 15) is 4.79 Å². The van der Waals surface area contributed by atoms with Crippen LogP contribution >= 0.6 is 11.8 Å². The molecule has 1 aromatic carbocycles. The number of carbonyl (C=O) groups excluding carboxylic acids is 1. The van der Waals surface area contributed by atoms with Crippen molar-refractivity contribution in [2.45, 2.75) is 50.9 Å². The number of aromatic nitrogens is 2. The van der Waals surface area contributed by atoms with Gasteiger partial charge in [-0.25, -0.2) is 4.98 Å². The van der Waals surface area contributed by atoms with Gasteiger partial charge in [-0.15, -0.1) is 0 Å². The molecule has 1 aliphatic carbocycles. The molecule has 0 saturated heterocycles. The number of hydrogen-bond acceptors (Lipinski definition) is 3. The Hall–Kier alpha value is -1.49. The molecule has 0 spiro atoms. The van der Waals surface area contributed by atoms with Crippen LogP contribution < -0.4 is 5.32 Å². The Bertz CT molecular complexity index is 682. The zero-order valence-corrected chi connectivity index (χ0v) is 14.7. The van der Waals surface area contributed by atoms with E-state index in [4.69, 9.17) is 0 Å². The third-order valence-corrected chi connectivity index (χ3v) is 5.31. The number of nitrogens with one attached hydrogen (secondary N) is 1. The number of para-hydroxylation sites is 2. The summed E-state index contributed by atoms with van der Waals surface area (Å²) >= 11 is 1.73. The van der Waals surface area contributed by atoms with E-state index in [1.807, 2.05) is 24.3 Å². The molecule has 0 bridgehead atoms. The van der Waals surface area contributed by atoms with E-state index in [2.05, 4.69) is 28.0 Å². The van der Waals surface area contributed by atoms with E-state index in [0.717, 1.165) is 29.0 Å². The second-order valence-corrected chi connectivity index (χ2v) is 7.34. The molecule has 124 valence electrons. The third-order valence-electron chi connectivity index (χ3n) is 4.77. The molecule has 23 heavy (non-hydrogen) atoms. The lowest BCUT2D eigenvalue weighted by molar-refractivity contribution is -0.122. The lowest BCUT2D eigenvalue weighted by Crippen LogP contribution is -2.42. The summed E-state index contributed by atoms with van der Waals surface area (Å²) in [6.45, 7) is 2.61. The first-order valence-corrected chi connectivity index (χ1v) is 9.81. The zero-order chi connectivity index (χ0) is 16.2. The van der Waals surface area contributed by atoms with Gasteiger partial charge in [-0.05, 0) is 37.1 Å². The summed E-state index contributed by atoms with van der Waals surface area (Å²) in [6.07, 6.45) is 6.90. The fourth-order valence-electron chi connectivity index (χ4n) is 3.47. The Morgan fingerprint density at radius 1 is 1.35 bits per heavy atom. The minimum absolute atomic E-state index is 0.106. The van der Waals surface area contributed by atoms with Crippen LogP contribution in [0.3, 0.4) is 0 Å². The number of imidazole rings is 1. The molecule has 1 fully saturated rings. The molecule has 2 unspecified atom stereocenters. The highest BCUT2D eigenvalue weighted by Gasteiger charge is 2.23. The van der Waals surface area contributed by atoms with E-state index >= 15 is 0 Å². The molecule has 3 rings (SSSR count). The predicted octanol–water partition coefficient (Wildman–Crippen LogP) is 3.59. The molecule has 4 nitrogen and oxygen atoms in total. The van der Waals surface area contributed by atoms with Gasteiger partial charge >= 0.3 is 0 Å². The highest BCUT2D eigenvalue weighted by Crippen LogP contribution is 2.24. The lowest BCUT2D eigenvalue weighted by atomic mass is 9.86. The van der Waals surface area contributed by atoms with Crippen molar-refractivity contribution in [1.29, 1.82) is 0 Å². The quantitative estimate of drug-likeness (QED) is 0.911. The molecule has 2 atom stereocenters. The maximum absolute atomic E-state index is 12.6. The Labute approximate surface area is 142 Å². The highest BCUT2D eigenvalue weighted by atomic mass is 32.2. The molecule has 1 saturated carbocycles. The number of nitrogens with zero attached hydrogens (tertiary/aromatic N) is 2. The van der Waals surface area contributed by atoms with Gasteiger partial charge in [0.15, 0.2) is 0 Å². The van der Waals surface area contributed by atoms with Gasteiger partial charge < -0.3 is 9.88 Å². The van der Waals surface area contributed by atoms with Crippen molar-refractivity contribution in [1.82, 2.24) is 14.9 Å². The summed E-state index contributed by atoms with van der Waals surface area (Å²) in [4.78, 5) is 17.2. The van der Waals surface area contributed by atoms with Gasteiger partial charge in [-0.2, -0.15) is 11.8 Å². The molecule has 0 aliphatic heterocycles. The van der Waals surface area contributed by atoms with Crippen molar-refractivity contribution >= 4 is 28.7 Å². The third kappa shape index (κ3) is 3.71. The van der Waals surface area contributed by atoms with Crippen molar-refractivity contribution in [2.24, 2.45) is 5.92 Å². The number of thioether (sulfide) groups is 1. The Balaban J connectivity index is 1.77. The number of benzene rings is 1. The largest absolute Gasteiger partial charge is 0.352 e. The summed E-state index contributed by atoms with van der Waals surface area (Å²) in [7, 11) is 0. The summed E-state index contributed by atoms with van der Waals surface area (Å²) < 4.78 is 2.06. The molecule has 1 heterocycles. The lowest BCUT2D eigenvalue weighted by Gasteiger charge is -2.29. The van der Waals surface area contributed by atoms with Crippen molar-refractivity contribution in [3.8, 4) is 0 Å². The normalized spacial score (nSPS) is 21.5. The second kappa shape index (κ2) is 7.39. The van der Waals surface area contributed by atoms with Crippen molar-refractivity contribution in [3.05, 3.63) is 30.1 Å². The van der Waals surface area contributed by atoms with Crippen molar-refractivity contribution in [3.63, 3.8) is 0 Å². The van der Waals surface area contributed by atoms with E-state index in [1.165, 1.54) is 19.3 Å². The fraction of sp³-hybridized carbons (Fsp3) is 0.556. The molecule has 5 heteroatoms. The standard InChI is InChI=1S/C18H25N3OS/c1-13-7-3-4-8-14(13)20-18(22)11-21-16-10-6-5-9-15(16)19-17(21)12-23-2/h5-6,9-10,13-14H,3-4,7-8,11-12H2,1-2H3,(H,20,22). The summed E-state index contributed by atoms with van der Waals surface area (Å²) in [5, 5.41) is 3.25. The van der Waals surface area contributed by atoms with E-state index in [0.29, 0.717) is 18.5 Å². The SMILES string of the molecule is CSCc1nc2ccccc2n1CC(=O)NC1CCCCC1C.